The van der Waals surface area contributed by atoms with Gasteiger partial charge < -0.3 is 10.7 Å². The number of amides is 1. The van der Waals surface area contributed by atoms with Crippen molar-refractivity contribution in [2.75, 3.05) is 0 Å². The van der Waals surface area contributed by atoms with Crippen molar-refractivity contribution >= 4 is 6.03 Å². The lowest BCUT2D eigenvalue weighted by atomic mass is 10.3. The van der Waals surface area contributed by atoms with Crippen LogP contribution in [0, 0.1) is 6.92 Å². The smallest absolute Gasteiger partial charge is 0.350 e. The quantitative estimate of drug-likeness (QED) is 0.813. The SMILES string of the molecule is Cc1[nH]c(-c2ccn(C(N)=O)n2)nc1C(F)(F)F. The molecule has 1 amide bonds. The average Bonchev–Trinajstić information content (AvgIpc) is 2.81. The summed E-state index contributed by atoms with van der Waals surface area (Å²) in [6.07, 6.45) is -3.30. The molecule has 0 spiro atoms. The zero-order valence-electron chi connectivity index (χ0n) is 9.12. The first-order chi connectivity index (χ1) is 8.29. The Morgan fingerprint density at radius 1 is 1.50 bits per heavy atom. The topological polar surface area (TPSA) is 89.6 Å². The number of rotatable bonds is 1. The van der Waals surface area contributed by atoms with Crippen LogP contribution in [0.2, 0.25) is 0 Å². The number of nitrogens with zero attached hydrogens (tertiary/aromatic N) is 3. The molecule has 0 saturated heterocycles. The predicted octanol–water partition coefficient (Wildman–Crippen LogP) is 1.53. The molecule has 0 bridgehead atoms. The van der Waals surface area contributed by atoms with Gasteiger partial charge in [-0.1, -0.05) is 0 Å². The number of hydrogen-bond donors (Lipinski definition) is 2. The van der Waals surface area contributed by atoms with E-state index in [-0.39, 0.29) is 17.2 Å². The van der Waals surface area contributed by atoms with Gasteiger partial charge in [0.15, 0.2) is 11.5 Å². The van der Waals surface area contributed by atoms with Gasteiger partial charge in [0.2, 0.25) is 0 Å². The summed E-state index contributed by atoms with van der Waals surface area (Å²) in [6, 6.07) is 0.504. The first-order valence-electron chi connectivity index (χ1n) is 4.78. The van der Waals surface area contributed by atoms with Gasteiger partial charge in [0.05, 0.1) is 0 Å². The van der Waals surface area contributed by atoms with E-state index in [0.29, 0.717) is 0 Å². The number of aromatic nitrogens is 4. The third-order valence-corrected chi connectivity index (χ3v) is 2.21. The highest BCUT2D eigenvalue weighted by molar-refractivity contribution is 5.74. The normalized spacial score (nSPS) is 11.8. The number of aromatic amines is 1. The van der Waals surface area contributed by atoms with E-state index in [1.165, 1.54) is 19.2 Å². The van der Waals surface area contributed by atoms with Crippen molar-refractivity contribution in [1.82, 2.24) is 19.7 Å². The minimum Gasteiger partial charge on any atom is -0.350 e. The van der Waals surface area contributed by atoms with E-state index in [9.17, 15) is 18.0 Å². The largest absolute Gasteiger partial charge is 0.435 e. The van der Waals surface area contributed by atoms with E-state index in [2.05, 4.69) is 15.1 Å². The van der Waals surface area contributed by atoms with Gasteiger partial charge in [-0.2, -0.15) is 23.0 Å². The van der Waals surface area contributed by atoms with Crippen molar-refractivity contribution in [1.29, 1.82) is 0 Å². The van der Waals surface area contributed by atoms with Gasteiger partial charge in [0.1, 0.15) is 5.69 Å². The number of alkyl halides is 3. The van der Waals surface area contributed by atoms with Crippen molar-refractivity contribution in [2.24, 2.45) is 5.73 Å². The van der Waals surface area contributed by atoms with Gasteiger partial charge in [0, 0.05) is 11.9 Å². The monoisotopic (exact) mass is 259 g/mol. The molecule has 0 fully saturated rings. The van der Waals surface area contributed by atoms with Gasteiger partial charge in [-0.15, -0.1) is 0 Å². The molecule has 0 radical (unpaired) electrons. The Bertz CT molecular complexity index is 598. The summed E-state index contributed by atoms with van der Waals surface area (Å²) >= 11 is 0. The highest BCUT2D eigenvalue weighted by Gasteiger charge is 2.36. The second kappa shape index (κ2) is 3.86. The summed E-state index contributed by atoms with van der Waals surface area (Å²) in [5, 5.41) is 3.70. The van der Waals surface area contributed by atoms with Gasteiger partial charge in [-0.25, -0.2) is 9.78 Å². The molecule has 18 heavy (non-hydrogen) atoms. The molecule has 2 heterocycles. The molecule has 0 aliphatic rings. The average molecular weight is 259 g/mol. The Morgan fingerprint density at radius 2 is 2.17 bits per heavy atom. The lowest BCUT2D eigenvalue weighted by Gasteiger charge is -2.01. The molecular formula is C9H8F3N5O. The van der Waals surface area contributed by atoms with Crippen LogP contribution in [0.5, 0.6) is 0 Å². The van der Waals surface area contributed by atoms with E-state index in [1.54, 1.807) is 0 Å². The van der Waals surface area contributed by atoms with Crippen LogP contribution in [0.15, 0.2) is 12.3 Å². The molecule has 0 aromatic carbocycles. The van der Waals surface area contributed by atoms with E-state index < -0.39 is 17.9 Å². The third-order valence-electron chi connectivity index (χ3n) is 2.21. The zero-order valence-corrected chi connectivity index (χ0v) is 9.12. The number of aryl methyl sites for hydroxylation is 1. The van der Waals surface area contributed by atoms with Gasteiger partial charge in [0.25, 0.3) is 0 Å². The van der Waals surface area contributed by atoms with Crippen molar-refractivity contribution in [3.05, 3.63) is 23.7 Å². The fraction of sp³-hybridized carbons (Fsp3) is 0.222. The minimum absolute atomic E-state index is 0.0696. The highest BCUT2D eigenvalue weighted by atomic mass is 19.4. The first-order valence-corrected chi connectivity index (χ1v) is 4.78. The van der Waals surface area contributed by atoms with Crippen molar-refractivity contribution < 1.29 is 18.0 Å². The maximum Gasteiger partial charge on any atom is 0.435 e. The first kappa shape index (κ1) is 12.1. The number of carbonyl (C=O) groups is 1. The predicted molar refractivity (Wildman–Crippen MR) is 54.5 cm³/mol. The van der Waals surface area contributed by atoms with E-state index in [4.69, 9.17) is 5.73 Å². The van der Waals surface area contributed by atoms with E-state index in [0.717, 1.165) is 4.68 Å². The summed E-state index contributed by atoms with van der Waals surface area (Å²) in [4.78, 5) is 16.7. The Kier molecular flexibility index (Phi) is 2.60. The third kappa shape index (κ3) is 2.06. The molecule has 9 heteroatoms. The van der Waals surface area contributed by atoms with Crippen LogP contribution in [0.25, 0.3) is 11.5 Å². The van der Waals surface area contributed by atoms with Crippen molar-refractivity contribution in [3.8, 4) is 11.5 Å². The fourth-order valence-electron chi connectivity index (χ4n) is 1.43. The number of carbonyl (C=O) groups excluding carboxylic acids is 1. The maximum absolute atomic E-state index is 12.5. The number of nitrogens with one attached hydrogen (secondary N) is 1. The molecule has 2 rings (SSSR count). The molecule has 0 aliphatic carbocycles. The standard InChI is InChI=1S/C9H8F3N5O/c1-4-6(9(10,11)12)15-7(14-4)5-2-3-17(16-5)8(13)18/h2-3H,1H3,(H2,13,18)(H,14,15). The van der Waals surface area contributed by atoms with E-state index >= 15 is 0 Å². The van der Waals surface area contributed by atoms with Gasteiger partial charge in [-0.05, 0) is 13.0 Å². The highest BCUT2D eigenvalue weighted by Crippen LogP contribution is 2.31. The van der Waals surface area contributed by atoms with E-state index in [1.807, 2.05) is 0 Å². The van der Waals surface area contributed by atoms with Gasteiger partial charge >= 0.3 is 12.2 Å². The van der Waals surface area contributed by atoms with Gasteiger partial charge in [-0.3, -0.25) is 0 Å². The molecule has 0 unspecified atom stereocenters. The second-order valence-electron chi connectivity index (χ2n) is 3.54. The molecular weight excluding hydrogens is 251 g/mol. The minimum atomic E-state index is -4.54. The number of nitrogens with two attached hydrogens (primary N) is 1. The van der Waals surface area contributed by atoms with Crippen LogP contribution >= 0.6 is 0 Å². The number of primary amides is 1. The Balaban J connectivity index is 2.42. The molecule has 6 nitrogen and oxygen atoms in total. The summed E-state index contributed by atoms with van der Waals surface area (Å²) in [7, 11) is 0. The molecule has 2 aromatic rings. The summed E-state index contributed by atoms with van der Waals surface area (Å²) < 4.78 is 38.4. The summed E-state index contributed by atoms with van der Waals surface area (Å²) in [5.41, 5.74) is 3.94. The summed E-state index contributed by atoms with van der Waals surface area (Å²) in [5.74, 6) is -0.0696. The lowest BCUT2D eigenvalue weighted by molar-refractivity contribution is -0.141. The molecule has 3 N–H and O–H groups in total. The molecule has 0 atom stereocenters. The van der Waals surface area contributed by atoms with Crippen LogP contribution in [0.4, 0.5) is 18.0 Å². The molecule has 96 valence electrons. The molecule has 2 aromatic heterocycles. The lowest BCUT2D eigenvalue weighted by Crippen LogP contribution is -2.19. The maximum atomic E-state index is 12.5. The fourth-order valence-corrected chi connectivity index (χ4v) is 1.43. The Morgan fingerprint density at radius 3 is 2.61 bits per heavy atom. The Hall–Kier alpha value is -2.32. The zero-order chi connectivity index (χ0) is 13.5. The van der Waals surface area contributed by atoms with Crippen LogP contribution in [0.3, 0.4) is 0 Å². The van der Waals surface area contributed by atoms with Crippen LogP contribution in [-0.4, -0.2) is 25.8 Å². The molecule has 0 saturated carbocycles. The number of imidazole rings is 1. The second-order valence-corrected chi connectivity index (χ2v) is 3.54. The van der Waals surface area contributed by atoms with Crippen molar-refractivity contribution in [3.63, 3.8) is 0 Å². The number of hydrogen-bond acceptors (Lipinski definition) is 3. The van der Waals surface area contributed by atoms with Crippen LogP contribution < -0.4 is 5.73 Å². The number of halogens is 3. The molecule has 0 aliphatic heterocycles. The van der Waals surface area contributed by atoms with Crippen LogP contribution in [-0.2, 0) is 6.18 Å². The summed E-state index contributed by atoms with van der Waals surface area (Å²) in [6.45, 7) is 1.25. The Labute approximate surface area is 98.6 Å². The van der Waals surface area contributed by atoms with Crippen molar-refractivity contribution in [2.45, 2.75) is 13.1 Å². The number of H-pyrrole nitrogens is 1. The van der Waals surface area contributed by atoms with Crippen LogP contribution in [0.1, 0.15) is 11.4 Å².